The summed E-state index contributed by atoms with van der Waals surface area (Å²) in [4.78, 5) is 27.4. The standard InChI is InChI=1S/C20H16N4O5/c25-20(26)18-11-19(13-5-2-1-3-6-13)23(21-18)12-16-10-17(22-29-16)14-7-4-8-15(9-14)24(27)28/h1-9,11,16H,10,12H2,(H,25,26). The smallest absolute Gasteiger partial charge is 0.356 e. The van der Waals surface area contributed by atoms with E-state index in [-0.39, 0.29) is 17.5 Å². The van der Waals surface area contributed by atoms with E-state index in [2.05, 4.69) is 10.3 Å². The highest BCUT2D eigenvalue weighted by molar-refractivity contribution is 6.01. The minimum atomic E-state index is -1.11. The van der Waals surface area contributed by atoms with Crippen LogP contribution in [0.1, 0.15) is 22.5 Å². The van der Waals surface area contributed by atoms with Gasteiger partial charge < -0.3 is 9.94 Å². The molecule has 9 heteroatoms. The summed E-state index contributed by atoms with van der Waals surface area (Å²) in [5.74, 6) is -1.11. The maximum absolute atomic E-state index is 11.4. The molecule has 146 valence electrons. The second kappa shape index (κ2) is 7.55. The van der Waals surface area contributed by atoms with E-state index in [1.54, 1.807) is 16.8 Å². The van der Waals surface area contributed by atoms with E-state index < -0.39 is 10.9 Å². The molecule has 9 nitrogen and oxygen atoms in total. The van der Waals surface area contributed by atoms with Crippen LogP contribution in [0.2, 0.25) is 0 Å². The van der Waals surface area contributed by atoms with Gasteiger partial charge in [-0.3, -0.25) is 14.8 Å². The third-order valence-corrected chi connectivity index (χ3v) is 4.57. The van der Waals surface area contributed by atoms with Crippen LogP contribution in [0.3, 0.4) is 0 Å². The molecule has 1 unspecified atom stereocenters. The normalized spacial score (nSPS) is 15.6. The lowest BCUT2D eigenvalue weighted by Gasteiger charge is -2.11. The topological polar surface area (TPSA) is 120 Å². The van der Waals surface area contributed by atoms with Gasteiger partial charge >= 0.3 is 5.97 Å². The SMILES string of the molecule is O=C(O)c1cc(-c2ccccc2)n(CC2CC(c3cccc([N+](=O)[O-])c3)=NO2)n1. The van der Waals surface area contributed by atoms with Gasteiger partial charge in [0.05, 0.1) is 22.9 Å². The molecule has 0 amide bonds. The number of non-ortho nitro benzene ring substituents is 1. The van der Waals surface area contributed by atoms with Crippen molar-refractivity contribution in [1.29, 1.82) is 0 Å². The van der Waals surface area contributed by atoms with Crippen LogP contribution in [0.4, 0.5) is 5.69 Å². The average Bonchev–Trinajstić information content (AvgIpc) is 3.36. The van der Waals surface area contributed by atoms with E-state index in [0.29, 0.717) is 29.9 Å². The number of carboxylic acids is 1. The molecule has 1 aliphatic heterocycles. The van der Waals surface area contributed by atoms with Gasteiger partial charge in [-0.15, -0.1) is 0 Å². The Morgan fingerprint density at radius 1 is 1.17 bits per heavy atom. The van der Waals surface area contributed by atoms with E-state index in [4.69, 9.17) is 4.84 Å². The Morgan fingerprint density at radius 2 is 1.93 bits per heavy atom. The zero-order chi connectivity index (χ0) is 20.4. The highest BCUT2D eigenvalue weighted by Gasteiger charge is 2.26. The molecular formula is C20H16N4O5. The Morgan fingerprint density at radius 3 is 2.66 bits per heavy atom. The first-order chi connectivity index (χ1) is 14.0. The van der Waals surface area contributed by atoms with Gasteiger partial charge in [0, 0.05) is 24.1 Å². The molecule has 1 aliphatic rings. The number of aromatic nitrogens is 2. The van der Waals surface area contributed by atoms with Crippen LogP contribution < -0.4 is 0 Å². The van der Waals surface area contributed by atoms with Gasteiger partial charge in [0.2, 0.25) is 0 Å². The quantitative estimate of drug-likeness (QED) is 0.507. The van der Waals surface area contributed by atoms with Gasteiger partial charge in [-0.1, -0.05) is 47.6 Å². The van der Waals surface area contributed by atoms with Gasteiger partial charge in [0.1, 0.15) is 0 Å². The molecule has 0 saturated carbocycles. The molecule has 0 bridgehead atoms. The molecule has 0 saturated heterocycles. The van der Waals surface area contributed by atoms with E-state index in [0.717, 1.165) is 5.56 Å². The van der Waals surface area contributed by atoms with Gasteiger partial charge in [-0.25, -0.2) is 4.79 Å². The number of nitro benzene ring substituents is 1. The molecular weight excluding hydrogens is 376 g/mol. The summed E-state index contributed by atoms with van der Waals surface area (Å²) in [6, 6.07) is 17.1. The Labute approximate surface area is 165 Å². The maximum Gasteiger partial charge on any atom is 0.356 e. The van der Waals surface area contributed by atoms with E-state index >= 15 is 0 Å². The molecule has 0 spiro atoms. The van der Waals surface area contributed by atoms with Crippen molar-refractivity contribution < 1.29 is 19.7 Å². The third-order valence-electron chi connectivity index (χ3n) is 4.57. The molecule has 2 aromatic carbocycles. The van der Waals surface area contributed by atoms with Crippen molar-refractivity contribution in [3.63, 3.8) is 0 Å². The zero-order valence-corrected chi connectivity index (χ0v) is 15.1. The van der Waals surface area contributed by atoms with Crippen LogP contribution in [0.15, 0.2) is 65.8 Å². The average molecular weight is 392 g/mol. The Hall–Kier alpha value is -4.01. The van der Waals surface area contributed by atoms with Crippen molar-refractivity contribution in [1.82, 2.24) is 9.78 Å². The van der Waals surface area contributed by atoms with Crippen LogP contribution in [0, 0.1) is 10.1 Å². The number of carbonyl (C=O) groups is 1. The van der Waals surface area contributed by atoms with Crippen molar-refractivity contribution >= 4 is 17.4 Å². The van der Waals surface area contributed by atoms with Crippen molar-refractivity contribution in [3.8, 4) is 11.3 Å². The first-order valence-electron chi connectivity index (χ1n) is 8.85. The van der Waals surface area contributed by atoms with Crippen LogP contribution in [0.25, 0.3) is 11.3 Å². The van der Waals surface area contributed by atoms with Crippen LogP contribution in [-0.4, -0.2) is 37.6 Å². The number of rotatable bonds is 6. The van der Waals surface area contributed by atoms with E-state index in [9.17, 15) is 20.0 Å². The Bertz CT molecular complexity index is 1110. The maximum atomic E-state index is 11.4. The fourth-order valence-corrected chi connectivity index (χ4v) is 3.19. The van der Waals surface area contributed by atoms with Gasteiger partial charge in [-0.2, -0.15) is 5.10 Å². The monoisotopic (exact) mass is 392 g/mol. The first kappa shape index (κ1) is 18.4. The molecule has 0 fully saturated rings. The summed E-state index contributed by atoms with van der Waals surface area (Å²) in [6.07, 6.45) is 0.0609. The number of hydrogen-bond acceptors (Lipinski definition) is 6. The highest BCUT2D eigenvalue weighted by Crippen LogP contribution is 2.25. The molecule has 0 aliphatic carbocycles. The van der Waals surface area contributed by atoms with Crippen molar-refractivity contribution in [3.05, 3.63) is 82.0 Å². The number of nitro groups is 1. The number of carboxylic acid groups (broad SMARTS) is 1. The second-order valence-corrected chi connectivity index (χ2v) is 6.55. The van der Waals surface area contributed by atoms with Crippen molar-refractivity contribution in [2.45, 2.75) is 19.1 Å². The minimum Gasteiger partial charge on any atom is -0.476 e. The lowest BCUT2D eigenvalue weighted by Crippen LogP contribution is -2.19. The zero-order valence-electron chi connectivity index (χ0n) is 15.1. The van der Waals surface area contributed by atoms with Gasteiger partial charge in [-0.05, 0) is 11.6 Å². The number of oxime groups is 1. The number of nitrogens with zero attached hydrogens (tertiary/aromatic N) is 4. The van der Waals surface area contributed by atoms with Gasteiger partial charge in [0.25, 0.3) is 5.69 Å². The fourth-order valence-electron chi connectivity index (χ4n) is 3.19. The summed E-state index contributed by atoms with van der Waals surface area (Å²) < 4.78 is 1.59. The van der Waals surface area contributed by atoms with Crippen LogP contribution in [-0.2, 0) is 11.4 Å². The Balaban J connectivity index is 1.55. The molecule has 3 aromatic rings. The molecule has 1 atom stereocenters. The van der Waals surface area contributed by atoms with E-state index in [1.807, 2.05) is 30.3 Å². The summed E-state index contributed by atoms with van der Waals surface area (Å²) >= 11 is 0. The van der Waals surface area contributed by atoms with E-state index in [1.165, 1.54) is 18.2 Å². The number of aromatic carboxylic acids is 1. The summed E-state index contributed by atoms with van der Waals surface area (Å²) in [6.45, 7) is 0.291. The first-order valence-corrected chi connectivity index (χ1v) is 8.85. The van der Waals surface area contributed by atoms with Crippen LogP contribution in [0.5, 0.6) is 0 Å². The van der Waals surface area contributed by atoms with Crippen molar-refractivity contribution in [2.75, 3.05) is 0 Å². The predicted octanol–water partition coefficient (Wildman–Crippen LogP) is 3.35. The summed E-state index contributed by atoms with van der Waals surface area (Å²) in [5, 5.41) is 28.5. The molecule has 0 radical (unpaired) electrons. The molecule has 1 N–H and O–H groups in total. The number of benzene rings is 2. The minimum absolute atomic E-state index is 0.0156. The molecule has 1 aromatic heterocycles. The second-order valence-electron chi connectivity index (χ2n) is 6.55. The lowest BCUT2D eigenvalue weighted by molar-refractivity contribution is -0.384. The van der Waals surface area contributed by atoms with Crippen LogP contribution >= 0.6 is 0 Å². The number of hydrogen-bond donors (Lipinski definition) is 1. The highest BCUT2D eigenvalue weighted by atomic mass is 16.6. The van der Waals surface area contributed by atoms with Crippen molar-refractivity contribution in [2.24, 2.45) is 5.16 Å². The molecule has 4 rings (SSSR count). The predicted molar refractivity (Wildman–Crippen MR) is 104 cm³/mol. The lowest BCUT2D eigenvalue weighted by atomic mass is 10.0. The summed E-state index contributed by atoms with van der Waals surface area (Å²) in [7, 11) is 0. The molecule has 2 heterocycles. The fraction of sp³-hybridized carbons (Fsp3) is 0.150. The molecule has 29 heavy (non-hydrogen) atoms. The van der Waals surface area contributed by atoms with Gasteiger partial charge in [0.15, 0.2) is 11.8 Å². The summed E-state index contributed by atoms with van der Waals surface area (Å²) in [5.41, 5.74) is 2.66. The Kier molecular flexibility index (Phi) is 4.78. The third kappa shape index (κ3) is 3.84. The largest absolute Gasteiger partial charge is 0.476 e.